The molecule has 0 amide bonds. The van der Waals surface area contributed by atoms with Crippen LogP contribution in [0.2, 0.25) is 10.0 Å². The molecule has 0 unspecified atom stereocenters. The lowest BCUT2D eigenvalue weighted by molar-refractivity contribution is 0.173. The molecule has 0 saturated heterocycles. The highest BCUT2D eigenvalue weighted by Gasteiger charge is 2.16. The van der Waals surface area contributed by atoms with Crippen LogP contribution in [0.1, 0.15) is 11.1 Å². The van der Waals surface area contributed by atoms with E-state index in [0.29, 0.717) is 23.1 Å². The van der Waals surface area contributed by atoms with Crippen LogP contribution in [-0.4, -0.2) is 6.79 Å². The summed E-state index contributed by atoms with van der Waals surface area (Å²) in [5.41, 5.74) is 2.04. The molecule has 2 aromatic carbocycles. The van der Waals surface area contributed by atoms with Crippen LogP contribution in [-0.2, 0) is 13.1 Å². The monoisotopic (exact) mass is 309 g/mol. The zero-order chi connectivity index (χ0) is 13.9. The van der Waals surface area contributed by atoms with Gasteiger partial charge in [-0.2, -0.15) is 0 Å². The van der Waals surface area contributed by atoms with E-state index in [2.05, 4.69) is 5.32 Å². The SMILES string of the molecule is Clc1ccc(Cl)c(CNCc2cccc3c2OCO3)c1. The summed E-state index contributed by atoms with van der Waals surface area (Å²) in [6.07, 6.45) is 0. The molecule has 1 heterocycles. The van der Waals surface area contributed by atoms with Crippen molar-refractivity contribution in [2.75, 3.05) is 6.79 Å². The molecule has 5 heteroatoms. The van der Waals surface area contributed by atoms with Crippen molar-refractivity contribution in [3.8, 4) is 11.5 Å². The van der Waals surface area contributed by atoms with E-state index in [9.17, 15) is 0 Å². The third-order valence-corrected chi connectivity index (χ3v) is 3.72. The van der Waals surface area contributed by atoms with Gasteiger partial charge in [-0.1, -0.05) is 35.3 Å². The Balaban J connectivity index is 1.66. The molecule has 0 saturated carbocycles. The number of ether oxygens (including phenoxy) is 2. The van der Waals surface area contributed by atoms with E-state index >= 15 is 0 Å². The maximum atomic E-state index is 6.13. The maximum Gasteiger partial charge on any atom is 0.231 e. The van der Waals surface area contributed by atoms with Crippen LogP contribution >= 0.6 is 23.2 Å². The van der Waals surface area contributed by atoms with Crippen LogP contribution in [0.3, 0.4) is 0 Å². The molecule has 0 atom stereocenters. The lowest BCUT2D eigenvalue weighted by Gasteiger charge is -2.09. The van der Waals surface area contributed by atoms with Gasteiger partial charge in [-0.15, -0.1) is 0 Å². The molecule has 3 nitrogen and oxygen atoms in total. The van der Waals surface area contributed by atoms with Crippen molar-refractivity contribution in [2.45, 2.75) is 13.1 Å². The fourth-order valence-electron chi connectivity index (χ4n) is 2.14. The summed E-state index contributed by atoms with van der Waals surface area (Å²) in [5.74, 6) is 1.61. The molecule has 1 aliphatic heterocycles. The van der Waals surface area contributed by atoms with Gasteiger partial charge in [0.1, 0.15) is 0 Å². The number of halogens is 2. The van der Waals surface area contributed by atoms with Gasteiger partial charge in [0, 0.05) is 28.7 Å². The second-order valence-electron chi connectivity index (χ2n) is 4.49. The van der Waals surface area contributed by atoms with Gasteiger partial charge in [-0.05, 0) is 29.8 Å². The van der Waals surface area contributed by atoms with Crippen molar-refractivity contribution >= 4 is 23.2 Å². The predicted molar refractivity (Wildman–Crippen MR) is 79.6 cm³/mol. The highest BCUT2D eigenvalue weighted by Crippen LogP contribution is 2.35. The Morgan fingerprint density at radius 2 is 1.85 bits per heavy atom. The van der Waals surface area contributed by atoms with Crippen molar-refractivity contribution in [1.29, 1.82) is 0 Å². The van der Waals surface area contributed by atoms with Gasteiger partial charge >= 0.3 is 0 Å². The van der Waals surface area contributed by atoms with E-state index in [1.54, 1.807) is 12.1 Å². The lowest BCUT2D eigenvalue weighted by atomic mass is 10.1. The van der Waals surface area contributed by atoms with Crippen LogP contribution in [0.4, 0.5) is 0 Å². The summed E-state index contributed by atoms with van der Waals surface area (Å²) in [4.78, 5) is 0. The van der Waals surface area contributed by atoms with E-state index < -0.39 is 0 Å². The van der Waals surface area contributed by atoms with Gasteiger partial charge in [-0.3, -0.25) is 0 Å². The third kappa shape index (κ3) is 2.85. The van der Waals surface area contributed by atoms with Gasteiger partial charge < -0.3 is 14.8 Å². The quantitative estimate of drug-likeness (QED) is 0.925. The minimum Gasteiger partial charge on any atom is -0.454 e. The van der Waals surface area contributed by atoms with Gasteiger partial charge in [0.2, 0.25) is 6.79 Å². The predicted octanol–water partition coefficient (Wildman–Crippen LogP) is 4.01. The summed E-state index contributed by atoms with van der Waals surface area (Å²) >= 11 is 12.1. The second kappa shape index (κ2) is 5.92. The van der Waals surface area contributed by atoms with Crippen molar-refractivity contribution in [2.24, 2.45) is 0 Å². The summed E-state index contributed by atoms with van der Waals surface area (Å²) < 4.78 is 10.8. The third-order valence-electron chi connectivity index (χ3n) is 3.12. The van der Waals surface area contributed by atoms with Crippen LogP contribution in [0.5, 0.6) is 11.5 Å². The Hall–Kier alpha value is -1.42. The maximum absolute atomic E-state index is 6.13. The molecule has 104 valence electrons. The number of hydrogen-bond donors (Lipinski definition) is 1. The molecule has 0 spiro atoms. The molecule has 0 aromatic heterocycles. The standard InChI is InChI=1S/C15H13Cl2NO2/c16-12-4-5-13(17)11(6-12)8-18-7-10-2-1-3-14-15(10)20-9-19-14/h1-6,18H,7-9H2. The van der Waals surface area contributed by atoms with Crippen molar-refractivity contribution in [3.05, 3.63) is 57.6 Å². The first kappa shape index (κ1) is 13.6. The Morgan fingerprint density at radius 3 is 2.75 bits per heavy atom. The van der Waals surface area contributed by atoms with Crippen molar-refractivity contribution < 1.29 is 9.47 Å². The average Bonchev–Trinajstić information content (AvgIpc) is 2.92. The second-order valence-corrected chi connectivity index (χ2v) is 5.33. The topological polar surface area (TPSA) is 30.5 Å². The minimum absolute atomic E-state index is 0.284. The lowest BCUT2D eigenvalue weighted by Crippen LogP contribution is -2.13. The van der Waals surface area contributed by atoms with Gasteiger partial charge in [0.25, 0.3) is 0 Å². The van der Waals surface area contributed by atoms with Gasteiger partial charge in [0.05, 0.1) is 0 Å². The number of fused-ring (bicyclic) bond motifs is 1. The molecule has 1 N–H and O–H groups in total. The van der Waals surface area contributed by atoms with E-state index in [0.717, 1.165) is 22.6 Å². The van der Waals surface area contributed by atoms with Crippen molar-refractivity contribution in [1.82, 2.24) is 5.32 Å². The summed E-state index contributed by atoms with van der Waals surface area (Å²) in [5, 5.41) is 4.73. The van der Waals surface area contributed by atoms with Gasteiger partial charge in [-0.25, -0.2) is 0 Å². The molecule has 0 bridgehead atoms. The molecule has 3 rings (SSSR count). The Morgan fingerprint density at radius 1 is 1.00 bits per heavy atom. The zero-order valence-electron chi connectivity index (χ0n) is 10.7. The summed E-state index contributed by atoms with van der Waals surface area (Å²) in [6.45, 7) is 1.60. The Bertz CT molecular complexity index is 631. The molecule has 1 aliphatic rings. The van der Waals surface area contributed by atoms with Crippen LogP contribution in [0, 0.1) is 0 Å². The van der Waals surface area contributed by atoms with Gasteiger partial charge in [0.15, 0.2) is 11.5 Å². The Labute approximate surface area is 127 Å². The first-order valence-corrected chi connectivity index (χ1v) is 7.02. The van der Waals surface area contributed by atoms with Crippen LogP contribution < -0.4 is 14.8 Å². The smallest absolute Gasteiger partial charge is 0.231 e. The fraction of sp³-hybridized carbons (Fsp3) is 0.200. The number of nitrogens with one attached hydrogen (secondary N) is 1. The van der Waals surface area contributed by atoms with E-state index in [1.165, 1.54) is 0 Å². The molecule has 20 heavy (non-hydrogen) atoms. The van der Waals surface area contributed by atoms with E-state index in [1.807, 2.05) is 24.3 Å². The molecule has 2 aromatic rings. The average molecular weight is 310 g/mol. The highest BCUT2D eigenvalue weighted by molar-refractivity contribution is 6.33. The summed E-state index contributed by atoms with van der Waals surface area (Å²) in [7, 11) is 0. The number of rotatable bonds is 4. The van der Waals surface area contributed by atoms with Crippen LogP contribution in [0.25, 0.3) is 0 Å². The number of para-hydroxylation sites is 1. The molecule has 0 radical (unpaired) electrons. The minimum atomic E-state index is 0.284. The number of hydrogen-bond acceptors (Lipinski definition) is 3. The van der Waals surface area contributed by atoms with Crippen molar-refractivity contribution in [3.63, 3.8) is 0 Å². The number of benzene rings is 2. The summed E-state index contributed by atoms with van der Waals surface area (Å²) in [6, 6.07) is 11.3. The first-order chi connectivity index (χ1) is 9.74. The molecule has 0 aliphatic carbocycles. The van der Waals surface area contributed by atoms with E-state index in [-0.39, 0.29) is 6.79 Å². The highest BCUT2D eigenvalue weighted by atomic mass is 35.5. The van der Waals surface area contributed by atoms with Crippen LogP contribution in [0.15, 0.2) is 36.4 Å². The first-order valence-electron chi connectivity index (χ1n) is 6.26. The molecule has 0 fully saturated rings. The fourth-order valence-corrected chi connectivity index (χ4v) is 2.52. The largest absolute Gasteiger partial charge is 0.454 e. The molecular formula is C15H13Cl2NO2. The normalized spacial score (nSPS) is 12.7. The molecular weight excluding hydrogens is 297 g/mol. The zero-order valence-corrected chi connectivity index (χ0v) is 12.2. The van der Waals surface area contributed by atoms with E-state index in [4.69, 9.17) is 32.7 Å². The Kier molecular flexibility index (Phi) is 4.01.